The van der Waals surface area contributed by atoms with Crippen LogP contribution in [0.15, 0.2) is 28.7 Å². The molecule has 1 rings (SSSR count). The van der Waals surface area contributed by atoms with Crippen molar-refractivity contribution in [2.24, 2.45) is 5.92 Å². The van der Waals surface area contributed by atoms with E-state index < -0.39 is 28.2 Å². The van der Waals surface area contributed by atoms with Gasteiger partial charge in [0.2, 0.25) is 0 Å². The van der Waals surface area contributed by atoms with Gasteiger partial charge in [0.1, 0.15) is 0 Å². The monoisotopic (exact) mass is 464 g/mol. The summed E-state index contributed by atoms with van der Waals surface area (Å²) >= 11 is 3.30. The molecule has 152 valence electrons. The Morgan fingerprint density at radius 1 is 1.22 bits per heavy atom. The Morgan fingerprint density at radius 3 is 2.33 bits per heavy atom. The van der Waals surface area contributed by atoms with Gasteiger partial charge in [-0.25, -0.2) is 4.79 Å². The van der Waals surface area contributed by atoms with Crippen LogP contribution in [0, 0.1) is 5.92 Å². The van der Waals surface area contributed by atoms with Gasteiger partial charge >= 0.3 is 6.09 Å². The normalized spacial score (nSPS) is 12.5. The summed E-state index contributed by atoms with van der Waals surface area (Å²) < 4.78 is 32.8. The Morgan fingerprint density at radius 2 is 1.81 bits per heavy atom. The average molecular weight is 465 g/mol. The quantitative estimate of drug-likeness (QED) is 0.563. The topological polar surface area (TPSA) is 102 Å². The van der Waals surface area contributed by atoms with E-state index >= 15 is 0 Å². The van der Waals surface area contributed by atoms with Crippen molar-refractivity contribution in [1.29, 1.82) is 0 Å². The Labute approximate surface area is 168 Å². The molecule has 27 heavy (non-hydrogen) atoms. The van der Waals surface area contributed by atoms with E-state index in [1.54, 1.807) is 24.3 Å². The standard InChI is InChI=1S/C17H25BrN2O6S/c1-12(2)11-15(16(21)20(3)9-10-25-27(4,23)24)26-17(22)19-14-7-5-13(18)6-8-14/h5-8,12,15H,9-11H2,1-4H3,(H,19,22)/t15-/m0/s1. The van der Waals surface area contributed by atoms with Crippen molar-refractivity contribution in [1.82, 2.24) is 4.90 Å². The van der Waals surface area contributed by atoms with Crippen molar-refractivity contribution < 1.29 is 26.9 Å². The maximum atomic E-state index is 12.6. The van der Waals surface area contributed by atoms with Gasteiger partial charge in [-0.05, 0) is 36.6 Å². The zero-order valence-electron chi connectivity index (χ0n) is 15.8. The number of nitrogens with zero attached hydrogens (tertiary/aromatic N) is 1. The molecule has 1 atom stereocenters. The predicted octanol–water partition coefficient (Wildman–Crippen LogP) is 2.85. The van der Waals surface area contributed by atoms with E-state index in [0.717, 1.165) is 10.7 Å². The minimum absolute atomic E-state index is 0.0538. The van der Waals surface area contributed by atoms with Crippen molar-refractivity contribution in [3.8, 4) is 0 Å². The molecule has 10 heteroatoms. The van der Waals surface area contributed by atoms with E-state index in [1.807, 2.05) is 13.8 Å². The first-order valence-electron chi connectivity index (χ1n) is 8.30. The Kier molecular flexibility index (Phi) is 9.20. The fraction of sp³-hybridized carbons (Fsp3) is 0.529. The molecule has 0 aliphatic carbocycles. The Balaban J connectivity index is 2.68. The molecule has 0 heterocycles. The summed E-state index contributed by atoms with van der Waals surface area (Å²) in [5, 5.41) is 2.57. The minimum Gasteiger partial charge on any atom is -0.436 e. The number of likely N-dealkylation sites (N-methyl/N-ethyl adjacent to an activating group) is 1. The highest BCUT2D eigenvalue weighted by Crippen LogP contribution is 2.16. The average Bonchev–Trinajstić information content (AvgIpc) is 2.54. The maximum Gasteiger partial charge on any atom is 0.412 e. The number of hydrogen-bond acceptors (Lipinski definition) is 6. The van der Waals surface area contributed by atoms with Gasteiger partial charge in [-0.2, -0.15) is 8.42 Å². The molecule has 8 nitrogen and oxygen atoms in total. The summed E-state index contributed by atoms with van der Waals surface area (Å²) in [4.78, 5) is 26.0. The molecule has 1 aromatic carbocycles. The molecule has 1 N–H and O–H groups in total. The lowest BCUT2D eigenvalue weighted by Gasteiger charge is -2.24. The number of anilines is 1. The van der Waals surface area contributed by atoms with Crippen LogP contribution in [-0.4, -0.2) is 57.9 Å². The molecule has 1 aromatic rings. The number of carbonyl (C=O) groups excluding carboxylic acids is 2. The largest absolute Gasteiger partial charge is 0.436 e. The number of hydrogen-bond donors (Lipinski definition) is 1. The highest BCUT2D eigenvalue weighted by molar-refractivity contribution is 9.10. The van der Waals surface area contributed by atoms with Crippen LogP contribution in [0.25, 0.3) is 0 Å². The molecule has 0 unspecified atom stereocenters. The van der Waals surface area contributed by atoms with Gasteiger partial charge in [0, 0.05) is 23.8 Å². The van der Waals surface area contributed by atoms with E-state index in [9.17, 15) is 18.0 Å². The summed E-state index contributed by atoms with van der Waals surface area (Å²) in [7, 11) is -2.08. The summed E-state index contributed by atoms with van der Waals surface area (Å²) in [6.07, 6.45) is -0.448. The fourth-order valence-corrected chi connectivity index (χ4v) is 2.76. The third kappa shape index (κ3) is 9.73. The number of benzene rings is 1. The number of amides is 2. The lowest BCUT2D eigenvalue weighted by Crippen LogP contribution is -2.42. The van der Waals surface area contributed by atoms with Crippen LogP contribution in [-0.2, 0) is 23.8 Å². The molecule has 0 saturated heterocycles. The SMILES string of the molecule is CC(C)C[C@H](OC(=O)Nc1ccc(Br)cc1)C(=O)N(C)CCOS(C)(=O)=O. The lowest BCUT2D eigenvalue weighted by molar-refractivity contribution is -0.139. The van der Waals surface area contributed by atoms with Gasteiger partial charge in [-0.1, -0.05) is 29.8 Å². The van der Waals surface area contributed by atoms with Gasteiger partial charge in [-0.15, -0.1) is 0 Å². The van der Waals surface area contributed by atoms with Crippen LogP contribution in [0.4, 0.5) is 10.5 Å². The third-order valence-corrected chi connectivity index (χ3v) is 4.52. The lowest BCUT2D eigenvalue weighted by atomic mass is 10.1. The first-order valence-corrected chi connectivity index (χ1v) is 10.9. The van der Waals surface area contributed by atoms with Gasteiger partial charge in [0.25, 0.3) is 16.0 Å². The van der Waals surface area contributed by atoms with Crippen LogP contribution in [0.3, 0.4) is 0 Å². The second kappa shape index (κ2) is 10.6. The second-order valence-electron chi connectivity index (χ2n) is 6.44. The highest BCUT2D eigenvalue weighted by Gasteiger charge is 2.27. The molecule has 0 radical (unpaired) electrons. The molecule has 0 aliphatic rings. The molecule has 0 aromatic heterocycles. The molecule has 0 spiro atoms. The molecular weight excluding hydrogens is 440 g/mol. The van der Waals surface area contributed by atoms with Gasteiger partial charge < -0.3 is 9.64 Å². The van der Waals surface area contributed by atoms with Crippen LogP contribution in [0.2, 0.25) is 0 Å². The predicted molar refractivity (Wildman–Crippen MR) is 106 cm³/mol. The van der Waals surface area contributed by atoms with Crippen LogP contribution < -0.4 is 5.32 Å². The molecule has 0 fully saturated rings. The summed E-state index contributed by atoms with van der Waals surface area (Å²) in [6.45, 7) is 3.70. The number of nitrogens with one attached hydrogen (secondary N) is 1. The third-order valence-electron chi connectivity index (χ3n) is 3.40. The number of rotatable bonds is 9. The first kappa shape index (κ1) is 23.4. The van der Waals surface area contributed by atoms with E-state index in [-0.39, 0.29) is 19.1 Å². The van der Waals surface area contributed by atoms with Crippen molar-refractivity contribution in [2.75, 3.05) is 31.8 Å². The van der Waals surface area contributed by atoms with Crippen molar-refractivity contribution in [2.45, 2.75) is 26.4 Å². The van der Waals surface area contributed by atoms with Crippen LogP contribution in [0.5, 0.6) is 0 Å². The highest BCUT2D eigenvalue weighted by atomic mass is 79.9. The zero-order chi connectivity index (χ0) is 20.6. The number of halogens is 1. The van der Waals surface area contributed by atoms with E-state index in [0.29, 0.717) is 12.1 Å². The Bertz CT molecular complexity index is 736. The molecule has 0 aliphatic heterocycles. The summed E-state index contributed by atoms with van der Waals surface area (Å²) in [5.74, 6) is -0.313. The van der Waals surface area contributed by atoms with Gasteiger partial charge in [0.15, 0.2) is 6.10 Å². The fourth-order valence-electron chi connectivity index (χ4n) is 2.12. The van der Waals surface area contributed by atoms with Gasteiger partial charge in [-0.3, -0.25) is 14.3 Å². The van der Waals surface area contributed by atoms with Crippen LogP contribution in [0.1, 0.15) is 20.3 Å². The number of ether oxygens (including phenoxy) is 1. The van der Waals surface area contributed by atoms with Crippen LogP contribution >= 0.6 is 15.9 Å². The van der Waals surface area contributed by atoms with Crippen molar-refractivity contribution in [3.63, 3.8) is 0 Å². The maximum absolute atomic E-state index is 12.6. The van der Waals surface area contributed by atoms with E-state index in [4.69, 9.17) is 4.74 Å². The number of carbonyl (C=O) groups is 2. The van der Waals surface area contributed by atoms with Crippen molar-refractivity contribution in [3.05, 3.63) is 28.7 Å². The first-order chi connectivity index (χ1) is 12.5. The second-order valence-corrected chi connectivity index (χ2v) is 9.00. The summed E-state index contributed by atoms with van der Waals surface area (Å²) in [6, 6.07) is 6.92. The molecule has 0 saturated carbocycles. The summed E-state index contributed by atoms with van der Waals surface area (Å²) in [5.41, 5.74) is 0.536. The van der Waals surface area contributed by atoms with E-state index in [1.165, 1.54) is 11.9 Å². The van der Waals surface area contributed by atoms with E-state index in [2.05, 4.69) is 25.4 Å². The molecule has 2 amide bonds. The van der Waals surface area contributed by atoms with Crippen molar-refractivity contribution >= 4 is 43.7 Å². The Hall–Kier alpha value is -1.65. The molecular formula is C17H25BrN2O6S. The molecule has 0 bridgehead atoms. The smallest absolute Gasteiger partial charge is 0.412 e. The zero-order valence-corrected chi connectivity index (χ0v) is 18.2. The minimum atomic E-state index is -3.58. The van der Waals surface area contributed by atoms with Gasteiger partial charge in [0.05, 0.1) is 12.9 Å².